The SMILES string of the molecule is Cc1ccc(-c2c(N)c3ccccn3c2C)c(C)c1. The van der Waals surface area contributed by atoms with Gasteiger partial charge in [0, 0.05) is 17.5 Å². The molecule has 0 atom stereocenters. The molecule has 0 aliphatic rings. The van der Waals surface area contributed by atoms with Crippen LogP contribution in [0.1, 0.15) is 16.8 Å². The standard InChI is InChI=1S/C17H18N2/c1-11-7-8-14(12(2)10-11)16-13(3)19-9-5-4-6-15(19)17(16)18/h4-10H,18H2,1-3H3. The van der Waals surface area contributed by atoms with Gasteiger partial charge < -0.3 is 10.1 Å². The first kappa shape index (κ1) is 11.8. The Balaban J connectivity index is 2.37. The van der Waals surface area contributed by atoms with E-state index in [1.807, 2.05) is 12.1 Å². The van der Waals surface area contributed by atoms with Crippen molar-refractivity contribution in [2.75, 3.05) is 5.73 Å². The molecule has 0 saturated heterocycles. The highest BCUT2D eigenvalue weighted by molar-refractivity contribution is 5.91. The minimum absolute atomic E-state index is 0.866. The normalized spacial score (nSPS) is 11.1. The fraction of sp³-hybridized carbons (Fsp3) is 0.176. The Labute approximate surface area is 113 Å². The lowest BCUT2D eigenvalue weighted by Gasteiger charge is -2.08. The highest BCUT2D eigenvalue weighted by Gasteiger charge is 2.15. The number of nitrogens with two attached hydrogens (primary N) is 1. The third-order valence-corrected chi connectivity index (χ3v) is 3.78. The highest BCUT2D eigenvalue weighted by atomic mass is 14.9. The smallest absolute Gasteiger partial charge is 0.0690 e. The number of nitrogen functional groups attached to an aromatic ring is 1. The van der Waals surface area contributed by atoms with Crippen LogP contribution in [0.15, 0.2) is 42.6 Å². The average Bonchev–Trinajstić information content (AvgIpc) is 2.64. The number of fused-ring (bicyclic) bond motifs is 1. The zero-order valence-electron chi connectivity index (χ0n) is 11.6. The second kappa shape index (κ2) is 4.16. The van der Waals surface area contributed by atoms with Gasteiger partial charge in [-0.2, -0.15) is 0 Å². The predicted octanol–water partition coefficient (Wildman–Crippen LogP) is 4.11. The number of benzene rings is 1. The van der Waals surface area contributed by atoms with Crippen molar-refractivity contribution < 1.29 is 0 Å². The minimum atomic E-state index is 0.866. The van der Waals surface area contributed by atoms with Gasteiger partial charge in [0.1, 0.15) is 0 Å². The lowest BCUT2D eigenvalue weighted by molar-refractivity contribution is 1.11. The van der Waals surface area contributed by atoms with Crippen LogP contribution < -0.4 is 5.73 Å². The maximum Gasteiger partial charge on any atom is 0.0690 e. The summed E-state index contributed by atoms with van der Waals surface area (Å²) in [5.41, 5.74) is 14.4. The van der Waals surface area contributed by atoms with Gasteiger partial charge in [-0.15, -0.1) is 0 Å². The molecule has 3 rings (SSSR count). The molecule has 2 N–H and O–H groups in total. The van der Waals surface area contributed by atoms with Crippen LogP contribution >= 0.6 is 0 Å². The summed E-state index contributed by atoms with van der Waals surface area (Å²) in [6.07, 6.45) is 2.06. The molecule has 0 radical (unpaired) electrons. The van der Waals surface area contributed by atoms with Crippen LogP contribution in [0.3, 0.4) is 0 Å². The maximum atomic E-state index is 6.36. The van der Waals surface area contributed by atoms with Crippen LogP contribution in [0, 0.1) is 20.8 Å². The Morgan fingerprint density at radius 3 is 2.47 bits per heavy atom. The first-order valence-electron chi connectivity index (χ1n) is 6.52. The van der Waals surface area contributed by atoms with Gasteiger partial charge in [0.25, 0.3) is 0 Å². The molecule has 2 heteroatoms. The molecule has 0 bridgehead atoms. The van der Waals surface area contributed by atoms with Gasteiger partial charge in [-0.3, -0.25) is 0 Å². The third-order valence-electron chi connectivity index (χ3n) is 3.78. The zero-order chi connectivity index (χ0) is 13.6. The Hall–Kier alpha value is -2.22. The van der Waals surface area contributed by atoms with E-state index in [0.29, 0.717) is 0 Å². The van der Waals surface area contributed by atoms with Crippen molar-refractivity contribution in [1.29, 1.82) is 0 Å². The molecule has 0 fully saturated rings. The number of pyridine rings is 1. The summed E-state index contributed by atoms with van der Waals surface area (Å²) in [6, 6.07) is 12.6. The van der Waals surface area contributed by atoms with Gasteiger partial charge in [0.2, 0.25) is 0 Å². The number of hydrogen-bond acceptors (Lipinski definition) is 1. The highest BCUT2D eigenvalue weighted by Crippen LogP contribution is 2.36. The largest absolute Gasteiger partial charge is 0.396 e. The molecular formula is C17H18N2. The summed E-state index contributed by atoms with van der Waals surface area (Å²) in [7, 11) is 0. The quantitative estimate of drug-likeness (QED) is 0.692. The average molecular weight is 250 g/mol. The van der Waals surface area contributed by atoms with Gasteiger partial charge in [-0.05, 0) is 44.0 Å². The van der Waals surface area contributed by atoms with Gasteiger partial charge in [0.05, 0.1) is 11.2 Å². The number of aryl methyl sites for hydroxylation is 3. The summed E-state index contributed by atoms with van der Waals surface area (Å²) < 4.78 is 2.16. The van der Waals surface area contributed by atoms with Crippen molar-refractivity contribution in [1.82, 2.24) is 4.40 Å². The summed E-state index contributed by atoms with van der Waals surface area (Å²) >= 11 is 0. The van der Waals surface area contributed by atoms with E-state index < -0.39 is 0 Å². The second-order valence-electron chi connectivity index (χ2n) is 5.15. The Morgan fingerprint density at radius 1 is 1.00 bits per heavy atom. The van der Waals surface area contributed by atoms with E-state index in [-0.39, 0.29) is 0 Å². The second-order valence-corrected chi connectivity index (χ2v) is 5.15. The zero-order valence-corrected chi connectivity index (χ0v) is 11.6. The van der Waals surface area contributed by atoms with Crippen molar-refractivity contribution in [3.8, 4) is 11.1 Å². The molecule has 0 unspecified atom stereocenters. The fourth-order valence-corrected chi connectivity index (χ4v) is 2.83. The van der Waals surface area contributed by atoms with Crippen molar-refractivity contribution >= 4 is 11.2 Å². The number of nitrogens with zero attached hydrogens (tertiary/aromatic N) is 1. The molecule has 96 valence electrons. The molecule has 19 heavy (non-hydrogen) atoms. The van der Waals surface area contributed by atoms with Crippen LogP contribution in [0.2, 0.25) is 0 Å². The summed E-state index contributed by atoms with van der Waals surface area (Å²) in [6.45, 7) is 6.38. The van der Waals surface area contributed by atoms with Gasteiger partial charge in [-0.25, -0.2) is 0 Å². The predicted molar refractivity (Wildman–Crippen MR) is 81.5 cm³/mol. The van der Waals surface area contributed by atoms with Crippen LogP contribution in [-0.4, -0.2) is 4.40 Å². The summed E-state index contributed by atoms with van der Waals surface area (Å²) in [5, 5.41) is 0. The van der Waals surface area contributed by atoms with Gasteiger partial charge in [-0.1, -0.05) is 29.8 Å². The summed E-state index contributed by atoms with van der Waals surface area (Å²) in [4.78, 5) is 0. The molecular weight excluding hydrogens is 232 g/mol. The monoisotopic (exact) mass is 250 g/mol. The van der Waals surface area contributed by atoms with Gasteiger partial charge in [0.15, 0.2) is 0 Å². The lowest BCUT2D eigenvalue weighted by atomic mass is 9.98. The molecule has 0 amide bonds. The minimum Gasteiger partial charge on any atom is -0.396 e. The van der Waals surface area contributed by atoms with Crippen molar-refractivity contribution in [2.24, 2.45) is 0 Å². The molecule has 1 aromatic carbocycles. The first-order valence-corrected chi connectivity index (χ1v) is 6.52. The topological polar surface area (TPSA) is 30.4 Å². The van der Waals surface area contributed by atoms with E-state index in [0.717, 1.165) is 16.8 Å². The van der Waals surface area contributed by atoms with E-state index in [1.165, 1.54) is 22.4 Å². The van der Waals surface area contributed by atoms with Crippen molar-refractivity contribution in [3.05, 3.63) is 59.4 Å². The van der Waals surface area contributed by atoms with E-state index in [4.69, 9.17) is 5.73 Å². The molecule has 2 aromatic heterocycles. The number of anilines is 1. The van der Waals surface area contributed by atoms with Crippen LogP contribution in [-0.2, 0) is 0 Å². The molecule has 3 aromatic rings. The lowest BCUT2D eigenvalue weighted by Crippen LogP contribution is -1.90. The molecule has 0 saturated carbocycles. The van der Waals surface area contributed by atoms with Crippen LogP contribution in [0.25, 0.3) is 16.6 Å². The molecule has 0 aliphatic heterocycles. The Kier molecular flexibility index (Phi) is 2.59. The maximum absolute atomic E-state index is 6.36. The van der Waals surface area contributed by atoms with E-state index in [2.05, 4.69) is 55.6 Å². The summed E-state index contributed by atoms with van der Waals surface area (Å²) in [5.74, 6) is 0. The van der Waals surface area contributed by atoms with Crippen molar-refractivity contribution in [2.45, 2.75) is 20.8 Å². The number of aromatic nitrogens is 1. The van der Waals surface area contributed by atoms with Gasteiger partial charge >= 0.3 is 0 Å². The van der Waals surface area contributed by atoms with Crippen LogP contribution in [0.4, 0.5) is 5.69 Å². The Bertz CT molecular complexity index is 727. The molecule has 2 heterocycles. The molecule has 0 aliphatic carbocycles. The Morgan fingerprint density at radius 2 is 1.79 bits per heavy atom. The molecule has 0 spiro atoms. The molecule has 2 nitrogen and oxygen atoms in total. The van der Waals surface area contributed by atoms with E-state index in [1.54, 1.807) is 0 Å². The van der Waals surface area contributed by atoms with Crippen LogP contribution in [0.5, 0.6) is 0 Å². The van der Waals surface area contributed by atoms with Crippen molar-refractivity contribution in [3.63, 3.8) is 0 Å². The van der Waals surface area contributed by atoms with E-state index >= 15 is 0 Å². The number of hydrogen-bond donors (Lipinski definition) is 1. The van der Waals surface area contributed by atoms with E-state index in [9.17, 15) is 0 Å². The third kappa shape index (κ3) is 1.72. The fourth-order valence-electron chi connectivity index (χ4n) is 2.83. The number of rotatable bonds is 1. The first-order chi connectivity index (χ1) is 9.09.